The number of amides is 2. The molecule has 0 saturated carbocycles. The predicted molar refractivity (Wildman–Crippen MR) is 102 cm³/mol. The highest BCUT2D eigenvalue weighted by Gasteiger charge is 2.18. The lowest BCUT2D eigenvalue weighted by molar-refractivity contribution is 0.0845. The standard InChI is InChI=1S/C19H23ClN2O5/c1-5-7-26-17-15(20)9-13(10-16(17)25-6-2)18(23)21-22-19(24)14-8-11(3)27-12(14)4/h8-10H,5-7H2,1-4H3,(H,21,23)(H,22,24). The van der Waals surface area contributed by atoms with Gasteiger partial charge in [-0.25, -0.2) is 0 Å². The van der Waals surface area contributed by atoms with Gasteiger partial charge in [0, 0.05) is 5.56 Å². The summed E-state index contributed by atoms with van der Waals surface area (Å²) < 4.78 is 16.4. The monoisotopic (exact) mass is 394 g/mol. The fourth-order valence-electron chi connectivity index (χ4n) is 2.42. The van der Waals surface area contributed by atoms with Crippen LogP contribution in [-0.2, 0) is 0 Å². The van der Waals surface area contributed by atoms with Gasteiger partial charge in [0.2, 0.25) is 0 Å². The van der Waals surface area contributed by atoms with Crippen molar-refractivity contribution in [2.45, 2.75) is 34.1 Å². The topological polar surface area (TPSA) is 89.8 Å². The van der Waals surface area contributed by atoms with Gasteiger partial charge in [0.15, 0.2) is 11.5 Å². The zero-order valence-electron chi connectivity index (χ0n) is 15.8. The average molecular weight is 395 g/mol. The maximum atomic E-state index is 12.4. The highest BCUT2D eigenvalue weighted by Crippen LogP contribution is 2.36. The molecule has 2 amide bonds. The van der Waals surface area contributed by atoms with Gasteiger partial charge in [-0.1, -0.05) is 18.5 Å². The Morgan fingerprint density at radius 2 is 1.78 bits per heavy atom. The van der Waals surface area contributed by atoms with Crippen molar-refractivity contribution >= 4 is 23.4 Å². The number of halogens is 1. The number of carbonyl (C=O) groups is 2. The van der Waals surface area contributed by atoms with E-state index >= 15 is 0 Å². The van der Waals surface area contributed by atoms with Gasteiger partial charge < -0.3 is 13.9 Å². The number of benzene rings is 1. The van der Waals surface area contributed by atoms with Crippen LogP contribution in [0, 0.1) is 13.8 Å². The van der Waals surface area contributed by atoms with E-state index in [1.165, 1.54) is 12.1 Å². The number of hydrazine groups is 1. The van der Waals surface area contributed by atoms with Crippen LogP contribution in [0.1, 0.15) is 52.5 Å². The molecule has 0 aliphatic heterocycles. The van der Waals surface area contributed by atoms with Gasteiger partial charge in [0.05, 0.1) is 23.8 Å². The Balaban J connectivity index is 2.13. The van der Waals surface area contributed by atoms with Crippen LogP contribution in [0.4, 0.5) is 0 Å². The molecule has 0 atom stereocenters. The van der Waals surface area contributed by atoms with Gasteiger partial charge in [-0.05, 0) is 45.4 Å². The van der Waals surface area contributed by atoms with E-state index in [9.17, 15) is 9.59 Å². The molecule has 8 heteroatoms. The zero-order chi connectivity index (χ0) is 20.0. The van der Waals surface area contributed by atoms with Crippen molar-refractivity contribution in [1.82, 2.24) is 10.9 Å². The van der Waals surface area contributed by atoms with Gasteiger partial charge in [0.25, 0.3) is 11.8 Å². The summed E-state index contributed by atoms with van der Waals surface area (Å²) in [4.78, 5) is 24.6. The normalized spacial score (nSPS) is 10.4. The highest BCUT2D eigenvalue weighted by atomic mass is 35.5. The number of carbonyl (C=O) groups excluding carboxylic acids is 2. The van der Waals surface area contributed by atoms with Crippen LogP contribution < -0.4 is 20.3 Å². The Bertz CT molecular complexity index is 832. The van der Waals surface area contributed by atoms with Crippen molar-refractivity contribution in [2.75, 3.05) is 13.2 Å². The Kier molecular flexibility index (Phi) is 7.12. The molecule has 0 radical (unpaired) electrons. The first-order valence-corrected chi connectivity index (χ1v) is 9.02. The van der Waals surface area contributed by atoms with Crippen LogP contribution in [0.2, 0.25) is 5.02 Å². The number of ether oxygens (including phenoxy) is 2. The number of nitrogens with one attached hydrogen (secondary N) is 2. The third kappa shape index (κ3) is 5.17. The van der Waals surface area contributed by atoms with Gasteiger partial charge >= 0.3 is 0 Å². The Labute approximate surface area is 162 Å². The fraction of sp³-hybridized carbons (Fsp3) is 0.368. The molecular weight excluding hydrogens is 372 g/mol. The lowest BCUT2D eigenvalue weighted by Gasteiger charge is -2.15. The quantitative estimate of drug-likeness (QED) is 0.697. The van der Waals surface area contributed by atoms with Crippen molar-refractivity contribution in [1.29, 1.82) is 0 Å². The second kappa shape index (κ2) is 9.32. The van der Waals surface area contributed by atoms with E-state index in [1.54, 1.807) is 19.9 Å². The number of furan rings is 1. The fourth-order valence-corrected chi connectivity index (χ4v) is 2.68. The average Bonchev–Trinajstić information content (AvgIpc) is 2.97. The van der Waals surface area contributed by atoms with Crippen LogP contribution in [-0.4, -0.2) is 25.0 Å². The van der Waals surface area contributed by atoms with Gasteiger partial charge in [0.1, 0.15) is 11.5 Å². The van der Waals surface area contributed by atoms with E-state index < -0.39 is 11.8 Å². The third-order valence-electron chi connectivity index (χ3n) is 3.60. The highest BCUT2D eigenvalue weighted by molar-refractivity contribution is 6.32. The molecule has 1 heterocycles. The first kappa shape index (κ1) is 20.6. The molecule has 0 fully saturated rings. The second-order valence-electron chi connectivity index (χ2n) is 5.80. The van der Waals surface area contributed by atoms with E-state index in [0.717, 1.165) is 6.42 Å². The Morgan fingerprint density at radius 1 is 1.07 bits per heavy atom. The van der Waals surface area contributed by atoms with Gasteiger partial charge in [-0.3, -0.25) is 20.4 Å². The van der Waals surface area contributed by atoms with Crippen LogP contribution in [0.5, 0.6) is 11.5 Å². The molecule has 0 aliphatic carbocycles. The largest absolute Gasteiger partial charge is 0.490 e. The molecule has 1 aromatic carbocycles. The summed E-state index contributed by atoms with van der Waals surface area (Å²) in [5.74, 6) is 0.836. The Morgan fingerprint density at radius 3 is 2.37 bits per heavy atom. The summed E-state index contributed by atoms with van der Waals surface area (Å²) in [6.45, 7) is 8.07. The lowest BCUT2D eigenvalue weighted by Crippen LogP contribution is -2.41. The Hall–Kier alpha value is -2.67. The predicted octanol–water partition coefficient (Wildman–Crippen LogP) is 3.81. The van der Waals surface area contributed by atoms with E-state index in [1.807, 2.05) is 13.8 Å². The van der Waals surface area contributed by atoms with Crippen molar-refractivity contribution in [3.8, 4) is 11.5 Å². The van der Waals surface area contributed by atoms with Crippen molar-refractivity contribution in [3.63, 3.8) is 0 Å². The van der Waals surface area contributed by atoms with Crippen molar-refractivity contribution < 1.29 is 23.5 Å². The van der Waals surface area contributed by atoms with Crippen LogP contribution >= 0.6 is 11.6 Å². The molecule has 2 rings (SSSR count). The minimum Gasteiger partial charge on any atom is -0.490 e. The smallest absolute Gasteiger partial charge is 0.273 e. The summed E-state index contributed by atoms with van der Waals surface area (Å²) in [6.07, 6.45) is 0.809. The SMILES string of the molecule is CCCOc1c(Cl)cc(C(=O)NNC(=O)c2cc(C)oc2C)cc1OCC. The molecule has 1 aromatic heterocycles. The van der Waals surface area contributed by atoms with E-state index in [0.29, 0.717) is 41.8 Å². The summed E-state index contributed by atoms with van der Waals surface area (Å²) in [6, 6.07) is 4.58. The van der Waals surface area contributed by atoms with Crippen LogP contribution in [0.3, 0.4) is 0 Å². The maximum absolute atomic E-state index is 12.4. The van der Waals surface area contributed by atoms with Crippen molar-refractivity contribution in [2.24, 2.45) is 0 Å². The second-order valence-corrected chi connectivity index (χ2v) is 6.21. The number of hydrogen-bond acceptors (Lipinski definition) is 5. The van der Waals surface area contributed by atoms with E-state index in [-0.39, 0.29) is 10.6 Å². The van der Waals surface area contributed by atoms with Gasteiger partial charge in [-0.2, -0.15) is 0 Å². The molecule has 0 aliphatic rings. The molecule has 7 nitrogen and oxygen atoms in total. The van der Waals surface area contributed by atoms with Gasteiger partial charge in [-0.15, -0.1) is 0 Å². The molecule has 2 aromatic rings. The first-order chi connectivity index (χ1) is 12.9. The van der Waals surface area contributed by atoms with Crippen molar-refractivity contribution in [3.05, 3.63) is 45.9 Å². The van der Waals surface area contributed by atoms with E-state index in [2.05, 4.69) is 10.9 Å². The number of rotatable bonds is 7. The minimum absolute atomic E-state index is 0.229. The molecule has 0 unspecified atom stereocenters. The van der Waals surface area contributed by atoms with E-state index in [4.69, 9.17) is 25.5 Å². The number of aryl methyl sites for hydroxylation is 2. The third-order valence-corrected chi connectivity index (χ3v) is 3.88. The minimum atomic E-state index is -0.536. The number of hydrogen-bond donors (Lipinski definition) is 2. The summed E-state index contributed by atoms with van der Waals surface area (Å²) >= 11 is 6.25. The lowest BCUT2D eigenvalue weighted by atomic mass is 10.2. The molecule has 0 bridgehead atoms. The molecular formula is C19H23ClN2O5. The molecule has 27 heavy (non-hydrogen) atoms. The zero-order valence-corrected chi connectivity index (χ0v) is 16.5. The summed E-state index contributed by atoms with van der Waals surface area (Å²) in [5.41, 5.74) is 5.30. The molecule has 146 valence electrons. The van der Waals surface area contributed by atoms with Crippen LogP contribution in [0.15, 0.2) is 22.6 Å². The molecule has 0 saturated heterocycles. The summed E-state index contributed by atoms with van der Waals surface area (Å²) in [5, 5.41) is 0.257. The first-order valence-electron chi connectivity index (χ1n) is 8.64. The molecule has 0 spiro atoms. The summed E-state index contributed by atoms with van der Waals surface area (Å²) in [7, 11) is 0. The molecule has 2 N–H and O–H groups in total. The maximum Gasteiger partial charge on any atom is 0.273 e. The van der Waals surface area contributed by atoms with Crippen LogP contribution in [0.25, 0.3) is 0 Å².